The molecule has 25 heavy (non-hydrogen) atoms. The van der Waals surface area contributed by atoms with Crippen LogP contribution in [0, 0.1) is 6.92 Å². The summed E-state index contributed by atoms with van der Waals surface area (Å²) in [5.41, 5.74) is 2.96. The second-order valence-corrected chi connectivity index (χ2v) is 6.14. The van der Waals surface area contributed by atoms with Crippen LogP contribution in [0.1, 0.15) is 46.7 Å². The first-order chi connectivity index (χ1) is 12.2. The van der Waals surface area contributed by atoms with E-state index in [-0.39, 0.29) is 11.9 Å². The summed E-state index contributed by atoms with van der Waals surface area (Å²) in [6.07, 6.45) is 4.61. The summed E-state index contributed by atoms with van der Waals surface area (Å²) >= 11 is 0. The van der Waals surface area contributed by atoms with Gasteiger partial charge < -0.3 is 9.88 Å². The smallest absolute Gasteiger partial charge is 0.251 e. The van der Waals surface area contributed by atoms with Crippen molar-refractivity contribution in [1.82, 2.24) is 14.9 Å². The fourth-order valence-electron chi connectivity index (χ4n) is 2.88. The molecule has 128 valence electrons. The number of hydrogen-bond donors (Lipinski definition) is 1. The lowest BCUT2D eigenvalue weighted by atomic mass is 10.0. The number of hydrogen-bond acceptors (Lipinski definition) is 2. The predicted molar refractivity (Wildman–Crippen MR) is 99.4 cm³/mol. The number of benzene rings is 2. The number of carbonyl (C=O) groups excluding carboxylic acids is 1. The molecule has 0 aliphatic rings. The van der Waals surface area contributed by atoms with E-state index in [2.05, 4.69) is 21.8 Å². The number of imidazole rings is 1. The Morgan fingerprint density at radius 3 is 2.44 bits per heavy atom. The second kappa shape index (κ2) is 7.79. The Bertz CT molecular complexity index is 822. The molecule has 3 aromatic rings. The molecule has 3 rings (SSSR count). The molecule has 0 saturated carbocycles. The van der Waals surface area contributed by atoms with Crippen LogP contribution in [0.3, 0.4) is 0 Å². The van der Waals surface area contributed by atoms with Gasteiger partial charge in [0.2, 0.25) is 0 Å². The summed E-state index contributed by atoms with van der Waals surface area (Å²) in [4.78, 5) is 16.8. The molecule has 0 aliphatic carbocycles. The number of carbonyl (C=O) groups is 1. The largest absolute Gasteiger partial charge is 0.345 e. The van der Waals surface area contributed by atoms with Gasteiger partial charge in [-0.05, 0) is 36.6 Å². The van der Waals surface area contributed by atoms with E-state index >= 15 is 0 Å². The Kier molecular flexibility index (Phi) is 5.29. The van der Waals surface area contributed by atoms with Crippen molar-refractivity contribution in [2.45, 2.75) is 32.9 Å². The van der Waals surface area contributed by atoms with Gasteiger partial charge in [0, 0.05) is 24.5 Å². The van der Waals surface area contributed by atoms with Crippen LogP contribution in [0.25, 0.3) is 0 Å². The highest BCUT2D eigenvalue weighted by molar-refractivity contribution is 5.94. The maximum absolute atomic E-state index is 12.5. The van der Waals surface area contributed by atoms with Crippen LogP contribution in [0.15, 0.2) is 67.0 Å². The van der Waals surface area contributed by atoms with Gasteiger partial charge >= 0.3 is 0 Å². The van der Waals surface area contributed by atoms with Crippen molar-refractivity contribution in [2.24, 2.45) is 0 Å². The topological polar surface area (TPSA) is 46.9 Å². The number of aromatic nitrogens is 2. The molecule has 1 heterocycles. The Labute approximate surface area is 148 Å². The van der Waals surface area contributed by atoms with Crippen molar-refractivity contribution in [3.05, 3.63) is 89.5 Å². The third-order valence-corrected chi connectivity index (χ3v) is 4.41. The van der Waals surface area contributed by atoms with Crippen LogP contribution in [-0.4, -0.2) is 15.5 Å². The Morgan fingerprint density at radius 1 is 1.12 bits per heavy atom. The zero-order valence-corrected chi connectivity index (χ0v) is 14.6. The summed E-state index contributed by atoms with van der Waals surface area (Å²) in [6.45, 7) is 4.82. The minimum Gasteiger partial charge on any atom is -0.345 e. The quantitative estimate of drug-likeness (QED) is 0.737. The van der Waals surface area contributed by atoms with Crippen molar-refractivity contribution in [2.75, 3.05) is 0 Å². The molecule has 0 saturated heterocycles. The summed E-state index contributed by atoms with van der Waals surface area (Å²) in [7, 11) is 0. The summed E-state index contributed by atoms with van der Waals surface area (Å²) in [5, 5.41) is 3.12. The SMILES string of the molecule is CCC(NC(=O)c1ccc(Cn2ccnc2C)cc1)c1ccccc1. The van der Waals surface area contributed by atoms with Crippen LogP contribution >= 0.6 is 0 Å². The molecule has 1 aromatic heterocycles. The number of nitrogens with zero attached hydrogens (tertiary/aromatic N) is 2. The average molecular weight is 333 g/mol. The average Bonchev–Trinajstić information content (AvgIpc) is 3.05. The highest BCUT2D eigenvalue weighted by Crippen LogP contribution is 2.17. The summed E-state index contributed by atoms with van der Waals surface area (Å²) in [5.74, 6) is 0.941. The second-order valence-electron chi connectivity index (χ2n) is 6.14. The number of amides is 1. The standard InChI is InChI=1S/C21H23N3O/c1-3-20(18-7-5-4-6-8-18)23-21(25)19-11-9-17(10-12-19)15-24-14-13-22-16(24)2/h4-14,20H,3,15H2,1-2H3,(H,23,25). The molecule has 1 atom stereocenters. The van der Waals surface area contributed by atoms with Crippen LogP contribution in [0.4, 0.5) is 0 Å². The molecular formula is C21H23N3O. The Hall–Kier alpha value is -2.88. The molecule has 1 unspecified atom stereocenters. The van der Waals surface area contributed by atoms with Crippen LogP contribution in [0.2, 0.25) is 0 Å². The molecule has 0 bridgehead atoms. The van der Waals surface area contributed by atoms with E-state index in [1.807, 2.05) is 67.7 Å². The van der Waals surface area contributed by atoms with E-state index in [9.17, 15) is 4.79 Å². The number of aryl methyl sites for hydroxylation is 1. The molecule has 0 fully saturated rings. The van der Waals surface area contributed by atoms with Crippen LogP contribution in [0.5, 0.6) is 0 Å². The van der Waals surface area contributed by atoms with Crippen molar-refractivity contribution in [1.29, 1.82) is 0 Å². The molecule has 4 heteroatoms. The van der Waals surface area contributed by atoms with Gasteiger partial charge in [-0.1, -0.05) is 49.4 Å². The molecule has 1 N–H and O–H groups in total. The van der Waals surface area contributed by atoms with E-state index in [1.54, 1.807) is 6.20 Å². The lowest BCUT2D eigenvalue weighted by molar-refractivity contribution is 0.0935. The minimum absolute atomic E-state index is 0.0296. The molecular weight excluding hydrogens is 310 g/mol. The fourth-order valence-corrected chi connectivity index (χ4v) is 2.88. The van der Waals surface area contributed by atoms with E-state index in [4.69, 9.17) is 0 Å². The number of nitrogens with one attached hydrogen (secondary N) is 1. The third-order valence-electron chi connectivity index (χ3n) is 4.41. The predicted octanol–water partition coefficient (Wildman–Crippen LogP) is 4.12. The first-order valence-electron chi connectivity index (χ1n) is 8.60. The fraction of sp³-hybridized carbons (Fsp3) is 0.238. The maximum Gasteiger partial charge on any atom is 0.251 e. The zero-order chi connectivity index (χ0) is 17.6. The van der Waals surface area contributed by atoms with Crippen LogP contribution < -0.4 is 5.32 Å². The normalized spacial score (nSPS) is 11.9. The van der Waals surface area contributed by atoms with Gasteiger partial charge in [-0.3, -0.25) is 4.79 Å². The Balaban J connectivity index is 1.67. The van der Waals surface area contributed by atoms with Crippen molar-refractivity contribution in [3.8, 4) is 0 Å². The number of rotatable bonds is 6. The highest BCUT2D eigenvalue weighted by Gasteiger charge is 2.13. The lowest BCUT2D eigenvalue weighted by Crippen LogP contribution is -2.28. The first kappa shape index (κ1) is 17.0. The van der Waals surface area contributed by atoms with Gasteiger partial charge in [-0.15, -0.1) is 0 Å². The first-order valence-corrected chi connectivity index (χ1v) is 8.60. The van der Waals surface area contributed by atoms with E-state index in [1.165, 1.54) is 0 Å². The van der Waals surface area contributed by atoms with E-state index < -0.39 is 0 Å². The minimum atomic E-state index is -0.0407. The summed E-state index contributed by atoms with van der Waals surface area (Å²) in [6, 6.07) is 17.9. The van der Waals surface area contributed by atoms with Gasteiger partial charge in [0.15, 0.2) is 0 Å². The van der Waals surface area contributed by atoms with Gasteiger partial charge in [-0.25, -0.2) is 4.98 Å². The van der Waals surface area contributed by atoms with Gasteiger partial charge in [-0.2, -0.15) is 0 Å². The van der Waals surface area contributed by atoms with Crippen molar-refractivity contribution < 1.29 is 4.79 Å². The van der Waals surface area contributed by atoms with E-state index in [0.717, 1.165) is 29.9 Å². The molecule has 0 radical (unpaired) electrons. The lowest BCUT2D eigenvalue weighted by Gasteiger charge is -2.17. The molecule has 4 nitrogen and oxygen atoms in total. The zero-order valence-electron chi connectivity index (χ0n) is 14.6. The highest BCUT2D eigenvalue weighted by atomic mass is 16.1. The maximum atomic E-state index is 12.5. The third kappa shape index (κ3) is 4.15. The van der Waals surface area contributed by atoms with Gasteiger partial charge in [0.05, 0.1) is 6.04 Å². The van der Waals surface area contributed by atoms with E-state index in [0.29, 0.717) is 5.56 Å². The van der Waals surface area contributed by atoms with Crippen LogP contribution in [-0.2, 0) is 6.54 Å². The van der Waals surface area contributed by atoms with Crippen molar-refractivity contribution >= 4 is 5.91 Å². The van der Waals surface area contributed by atoms with Crippen molar-refractivity contribution in [3.63, 3.8) is 0 Å². The monoisotopic (exact) mass is 333 g/mol. The van der Waals surface area contributed by atoms with Gasteiger partial charge in [0.1, 0.15) is 5.82 Å². The molecule has 1 amide bonds. The molecule has 0 spiro atoms. The summed E-state index contributed by atoms with van der Waals surface area (Å²) < 4.78 is 2.08. The Morgan fingerprint density at radius 2 is 1.84 bits per heavy atom. The molecule has 0 aliphatic heterocycles. The molecule has 2 aromatic carbocycles. The van der Waals surface area contributed by atoms with Gasteiger partial charge in [0.25, 0.3) is 5.91 Å².